The van der Waals surface area contributed by atoms with Gasteiger partial charge in [-0.25, -0.2) is 8.78 Å². The maximum Gasteiger partial charge on any atom is 0.130 e. The Balaban J connectivity index is 2.09. The van der Waals surface area contributed by atoms with E-state index < -0.39 is 11.6 Å². The lowest BCUT2D eigenvalue weighted by molar-refractivity contribution is 0.483. The third kappa shape index (κ3) is 3.42. The van der Waals surface area contributed by atoms with E-state index in [0.29, 0.717) is 0 Å². The molecule has 0 saturated heterocycles. The molecular weight excluding hydrogens is 256 g/mol. The molecule has 1 atom stereocenters. The minimum absolute atomic E-state index is 0.0922. The van der Waals surface area contributed by atoms with Crippen LogP contribution in [0.2, 0.25) is 0 Å². The number of benzene rings is 2. The first-order valence-corrected chi connectivity index (χ1v) is 6.84. The zero-order valence-electron chi connectivity index (χ0n) is 11.8. The maximum atomic E-state index is 13.6. The summed E-state index contributed by atoms with van der Waals surface area (Å²) in [5.74, 6) is -1.01. The Labute approximate surface area is 118 Å². The number of halogens is 2. The van der Waals surface area contributed by atoms with Crippen LogP contribution in [0.4, 0.5) is 8.78 Å². The number of aryl methyl sites for hydroxylation is 1. The van der Waals surface area contributed by atoms with Gasteiger partial charge in [0.1, 0.15) is 11.6 Å². The van der Waals surface area contributed by atoms with E-state index in [1.54, 1.807) is 0 Å². The second-order valence-corrected chi connectivity index (χ2v) is 4.95. The van der Waals surface area contributed by atoms with Gasteiger partial charge in [-0.15, -0.1) is 0 Å². The lowest BCUT2D eigenvalue weighted by atomic mass is 10.0. The zero-order chi connectivity index (χ0) is 14.5. The second kappa shape index (κ2) is 6.62. The third-order valence-corrected chi connectivity index (χ3v) is 3.47. The van der Waals surface area contributed by atoms with Crippen molar-refractivity contribution in [3.8, 4) is 0 Å². The molecular formula is C17H19F2N. The van der Waals surface area contributed by atoms with Crippen molar-refractivity contribution in [2.75, 3.05) is 0 Å². The molecule has 2 aromatic carbocycles. The zero-order valence-corrected chi connectivity index (χ0v) is 11.8. The summed E-state index contributed by atoms with van der Waals surface area (Å²) in [6.07, 6.45) is 0.860. The summed E-state index contributed by atoms with van der Waals surface area (Å²) in [4.78, 5) is 0. The van der Waals surface area contributed by atoms with Crippen LogP contribution < -0.4 is 5.32 Å². The van der Waals surface area contributed by atoms with E-state index in [0.717, 1.165) is 12.0 Å². The molecule has 106 valence electrons. The van der Waals surface area contributed by atoms with Crippen molar-refractivity contribution < 1.29 is 8.78 Å². The minimum Gasteiger partial charge on any atom is -0.306 e. The molecule has 0 aliphatic rings. The van der Waals surface area contributed by atoms with Gasteiger partial charge in [0.05, 0.1) is 0 Å². The molecule has 2 aromatic rings. The third-order valence-electron chi connectivity index (χ3n) is 3.47. The van der Waals surface area contributed by atoms with Gasteiger partial charge in [-0.1, -0.05) is 42.8 Å². The molecule has 0 fully saturated rings. The van der Waals surface area contributed by atoms with Gasteiger partial charge < -0.3 is 5.32 Å². The first kappa shape index (κ1) is 14.7. The first-order valence-electron chi connectivity index (χ1n) is 6.84. The van der Waals surface area contributed by atoms with Gasteiger partial charge in [-0.2, -0.15) is 0 Å². The largest absolute Gasteiger partial charge is 0.306 e. The van der Waals surface area contributed by atoms with Crippen molar-refractivity contribution in [3.05, 3.63) is 70.8 Å². The average molecular weight is 275 g/mol. The van der Waals surface area contributed by atoms with E-state index in [-0.39, 0.29) is 18.2 Å². The highest BCUT2D eigenvalue weighted by molar-refractivity contribution is 5.25. The summed E-state index contributed by atoms with van der Waals surface area (Å²) >= 11 is 0. The van der Waals surface area contributed by atoms with E-state index in [4.69, 9.17) is 0 Å². The van der Waals surface area contributed by atoms with Gasteiger partial charge in [-0.05, 0) is 31.0 Å². The smallest absolute Gasteiger partial charge is 0.130 e. The molecule has 0 aliphatic carbocycles. The Morgan fingerprint density at radius 2 is 1.60 bits per heavy atom. The molecule has 0 spiro atoms. The molecule has 0 amide bonds. The van der Waals surface area contributed by atoms with Crippen molar-refractivity contribution in [1.82, 2.24) is 5.32 Å². The van der Waals surface area contributed by atoms with E-state index in [2.05, 4.69) is 12.2 Å². The normalized spacial score (nSPS) is 12.4. The van der Waals surface area contributed by atoms with E-state index >= 15 is 0 Å². The molecule has 1 N–H and O–H groups in total. The molecule has 3 heteroatoms. The summed E-state index contributed by atoms with van der Waals surface area (Å²) in [7, 11) is 0. The number of rotatable bonds is 5. The van der Waals surface area contributed by atoms with Crippen LogP contribution in [0.25, 0.3) is 0 Å². The summed E-state index contributed by atoms with van der Waals surface area (Å²) in [6.45, 7) is 4.27. The Bertz CT molecular complexity index is 543. The molecule has 0 radical (unpaired) electrons. The highest BCUT2D eigenvalue weighted by atomic mass is 19.1. The summed E-state index contributed by atoms with van der Waals surface area (Å²) in [5.41, 5.74) is 2.43. The van der Waals surface area contributed by atoms with Gasteiger partial charge in [0.2, 0.25) is 0 Å². The van der Waals surface area contributed by atoms with Crippen LogP contribution in [0, 0.1) is 18.6 Å². The van der Waals surface area contributed by atoms with Crippen LogP contribution in [-0.4, -0.2) is 0 Å². The molecule has 0 bridgehead atoms. The highest BCUT2D eigenvalue weighted by Gasteiger charge is 2.12. The molecule has 0 aromatic heterocycles. The monoisotopic (exact) mass is 275 g/mol. The quantitative estimate of drug-likeness (QED) is 0.846. The standard InChI is InChI=1S/C17H19F2N/c1-3-17(13-9-7-12(2)8-10-13)20-11-14-15(18)5-4-6-16(14)19/h4-10,17,20H,3,11H2,1-2H3. The predicted molar refractivity (Wildman–Crippen MR) is 77.4 cm³/mol. The SMILES string of the molecule is CCC(NCc1c(F)cccc1F)c1ccc(C)cc1. The topological polar surface area (TPSA) is 12.0 Å². The van der Waals surface area contributed by atoms with Crippen molar-refractivity contribution >= 4 is 0 Å². The van der Waals surface area contributed by atoms with E-state index in [9.17, 15) is 8.78 Å². The fourth-order valence-corrected chi connectivity index (χ4v) is 2.22. The molecule has 2 rings (SSSR count). The highest BCUT2D eigenvalue weighted by Crippen LogP contribution is 2.19. The predicted octanol–water partition coefficient (Wildman–Crippen LogP) is 4.51. The molecule has 0 heterocycles. The van der Waals surface area contributed by atoms with Gasteiger partial charge in [0.25, 0.3) is 0 Å². The fourth-order valence-electron chi connectivity index (χ4n) is 2.22. The van der Waals surface area contributed by atoms with Crippen LogP contribution in [0.3, 0.4) is 0 Å². The fraction of sp³-hybridized carbons (Fsp3) is 0.294. The van der Waals surface area contributed by atoms with Crippen LogP contribution >= 0.6 is 0 Å². The minimum atomic E-state index is -0.503. The van der Waals surface area contributed by atoms with Crippen LogP contribution in [0.15, 0.2) is 42.5 Å². The maximum absolute atomic E-state index is 13.6. The van der Waals surface area contributed by atoms with Crippen molar-refractivity contribution in [1.29, 1.82) is 0 Å². The first-order chi connectivity index (χ1) is 9.61. The summed E-state index contributed by atoms with van der Waals surface area (Å²) < 4.78 is 27.2. The molecule has 20 heavy (non-hydrogen) atoms. The van der Waals surface area contributed by atoms with E-state index in [1.807, 2.05) is 31.2 Å². The average Bonchev–Trinajstić information content (AvgIpc) is 2.44. The van der Waals surface area contributed by atoms with Gasteiger partial charge >= 0.3 is 0 Å². The van der Waals surface area contributed by atoms with Crippen LogP contribution in [-0.2, 0) is 6.54 Å². The molecule has 0 aliphatic heterocycles. The van der Waals surface area contributed by atoms with Crippen molar-refractivity contribution in [2.24, 2.45) is 0 Å². The van der Waals surface area contributed by atoms with Gasteiger partial charge in [0.15, 0.2) is 0 Å². The summed E-state index contributed by atoms with van der Waals surface area (Å²) in [6, 6.07) is 12.2. The Morgan fingerprint density at radius 1 is 1.00 bits per heavy atom. The van der Waals surface area contributed by atoms with Gasteiger partial charge in [-0.3, -0.25) is 0 Å². The molecule has 1 nitrogen and oxygen atoms in total. The molecule has 0 saturated carbocycles. The second-order valence-electron chi connectivity index (χ2n) is 4.95. The number of hydrogen-bond donors (Lipinski definition) is 1. The lowest BCUT2D eigenvalue weighted by Gasteiger charge is -2.18. The van der Waals surface area contributed by atoms with Gasteiger partial charge in [0, 0.05) is 18.2 Å². The van der Waals surface area contributed by atoms with Crippen molar-refractivity contribution in [3.63, 3.8) is 0 Å². The lowest BCUT2D eigenvalue weighted by Crippen LogP contribution is -2.21. The number of hydrogen-bond acceptors (Lipinski definition) is 1. The summed E-state index contributed by atoms with van der Waals surface area (Å²) in [5, 5.41) is 3.22. The van der Waals surface area contributed by atoms with Crippen molar-refractivity contribution in [2.45, 2.75) is 32.9 Å². The number of nitrogens with one attached hydrogen (secondary N) is 1. The Morgan fingerprint density at radius 3 is 2.15 bits per heavy atom. The Kier molecular flexibility index (Phi) is 4.85. The van der Waals surface area contributed by atoms with Crippen LogP contribution in [0.1, 0.15) is 36.1 Å². The molecule has 1 unspecified atom stereocenters. The van der Waals surface area contributed by atoms with E-state index in [1.165, 1.54) is 23.8 Å². The Hall–Kier alpha value is -1.74. The van der Waals surface area contributed by atoms with Crippen LogP contribution in [0.5, 0.6) is 0 Å².